The first-order valence-corrected chi connectivity index (χ1v) is 7.15. The van der Waals surface area contributed by atoms with Crippen molar-refractivity contribution in [1.82, 2.24) is 4.98 Å². The average Bonchev–Trinajstić information content (AvgIpc) is 2.47. The Morgan fingerprint density at radius 1 is 1.14 bits per heavy atom. The van der Waals surface area contributed by atoms with Gasteiger partial charge in [0.2, 0.25) is 5.91 Å². The van der Waals surface area contributed by atoms with E-state index in [1.165, 1.54) is 6.07 Å². The third-order valence-corrected chi connectivity index (χ3v) is 3.35. The lowest BCUT2D eigenvalue weighted by Crippen LogP contribution is -2.17. The van der Waals surface area contributed by atoms with E-state index in [1.54, 1.807) is 12.1 Å². The van der Waals surface area contributed by atoms with Gasteiger partial charge in [-0.2, -0.15) is 0 Å². The van der Waals surface area contributed by atoms with Crippen LogP contribution in [0.5, 0.6) is 0 Å². The molecule has 0 fully saturated rings. The Kier molecular flexibility index (Phi) is 5.05. The third kappa shape index (κ3) is 4.68. The van der Waals surface area contributed by atoms with Crippen molar-refractivity contribution in [2.45, 2.75) is 12.8 Å². The molecule has 0 spiro atoms. The first-order valence-electron chi connectivity index (χ1n) is 6.36. The number of primary amides is 1. The topological polar surface area (TPSA) is 85.1 Å². The first kappa shape index (κ1) is 15.2. The lowest BCUT2D eigenvalue weighted by Gasteiger charge is -2.05. The molecule has 0 aliphatic rings. The summed E-state index contributed by atoms with van der Waals surface area (Å²) in [6, 6.07) is 12.5. The summed E-state index contributed by atoms with van der Waals surface area (Å²) < 4.78 is 1.00. The van der Waals surface area contributed by atoms with Crippen LogP contribution in [-0.2, 0) is 11.2 Å². The fraction of sp³-hybridized carbons (Fsp3) is 0.133. The Morgan fingerprint density at radius 2 is 1.86 bits per heavy atom. The van der Waals surface area contributed by atoms with Crippen LogP contribution in [0.2, 0.25) is 0 Å². The van der Waals surface area contributed by atoms with Gasteiger partial charge < -0.3 is 11.1 Å². The standard InChI is InChI=1S/C15H14BrN3O2/c16-11-7-4-10(5-8-11)6-9-14(20)19-13-3-1-2-12(18-13)15(17)21/h1-5,7-8H,6,9H2,(H2,17,21)(H,18,19,20). The molecule has 2 rings (SSSR count). The number of aryl methyl sites for hydroxylation is 1. The molecule has 6 heteroatoms. The number of hydrogen-bond acceptors (Lipinski definition) is 3. The molecule has 1 aromatic heterocycles. The zero-order valence-electron chi connectivity index (χ0n) is 11.2. The maximum Gasteiger partial charge on any atom is 0.267 e. The van der Waals surface area contributed by atoms with Crippen LogP contribution in [0.1, 0.15) is 22.5 Å². The Morgan fingerprint density at radius 3 is 2.52 bits per heavy atom. The molecule has 0 aliphatic heterocycles. The number of anilines is 1. The molecule has 0 unspecified atom stereocenters. The number of carbonyl (C=O) groups excluding carboxylic acids is 2. The molecule has 108 valence electrons. The van der Waals surface area contributed by atoms with Crippen LogP contribution >= 0.6 is 15.9 Å². The van der Waals surface area contributed by atoms with Crippen LogP contribution < -0.4 is 11.1 Å². The molecule has 2 aromatic rings. The van der Waals surface area contributed by atoms with Crippen molar-refractivity contribution >= 4 is 33.6 Å². The number of nitrogens with two attached hydrogens (primary N) is 1. The number of halogens is 1. The number of hydrogen-bond donors (Lipinski definition) is 2. The largest absolute Gasteiger partial charge is 0.364 e. The Hall–Kier alpha value is -2.21. The van der Waals surface area contributed by atoms with Crippen molar-refractivity contribution in [2.75, 3.05) is 5.32 Å². The molecule has 21 heavy (non-hydrogen) atoms. The van der Waals surface area contributed by atoms with Gasteiger partial charge in [0.05, 0.1) is 0 Å². The number of benzene rings is 1. The maximum absolute atomic E-state index is 11.9. The predicted octanol–water partition coefficient (Wildman–Crippen LogP) is 2.51. The van der Waals surface area contributed by atoms with Gasteiger partial charge in [-0.25, -0.2) is 4.98 Å². The van der Waals surface area contributed by atoms with Gasteiger partial charge in [0.25, 0.3) is 5.91 Å². The second-order valence-electron chi connectivity index (χ2n) is 4.45. The SMILES string of the molecule is NC(=O)c1cccc(NC(=O)CCc2ccc(Br)cc2)n1. The molecule has 0 bridgehead atoms. The quantitative estimate of drug-likeness (QED) is 0.871. The zero-order chi connectivity index (χ0) is 15.2. The van der Waals surface area contributed by atoms with Gasteiger partial charge in [0.1, 0.15) is 11.5 Å². The summed E-state index contributed by atoms with van der Waals surface area (Å²) in [6.07, 6.45) is 0.971. The van der Waals surface area contributed by atoms with E-state index in [9.17, 15) is 9.59 Å². The molecule has 3 N–H and O–H groups in total. The van der Waals surface area contributed by atoms with Crippen LogP contribution in [0.3, 0.4) is 0 Å². The van der Waals surface area contributed by atoms with Crippen molar-refractivity contribution in [2.24, 2.45) is 5.73 Å². The highest BCUT2D eigenvalue weighted by Crippen LogP contribution is 2.12. The number of aromatic nitrogens is 1. The summed E-state index contributed by atoms with van der Waals surface area (Å²) in [4.78, 5) is 26.8. The van der Waals surface area contributed by atoms with Gasteiger partial charge in [0.15, 0.2) is 0 Å². The molecule has 0 atom stereocenters. The second-order valence-corrected chi connectivity index (χ2v) is 5.36. The molecule has 5 nitrogen and oxygen atoms in total. The van der Waals surface area contributed by atoms with Gasteiger partial charge in [-0.05, 0) is 36.2 Å². The van der Waals surface area contributed by atoms with E-state index in [0.29, 0.717) is 18.7 Å². The summed E-state index contributed by atoms with van der Waals surface area (Å²) >= 11 is 3.36. The summed E-state index contributed by atoms with van der Waals surface area (Å²) in [6.45, 7) is 0. The Bertz CT molecular complexity index is 656. The van der Waals surface area contributed by atoms with Crippen LogP contribution in [0.15, 0.2) is 46.9 Å². The zero-order valence-corrected chi connectivity index (χ0v) is 12.8. The molecule has 1 heterocycles. The van der Waals surface area contributed by atoms with Crippen LogP contribution in [0.25, 0.3) is 0 Å². The molecular weight excluding hydrogens is 334 g/mol. The van der Waals surface area contributed by atoms with Crippen molar-refractivity contribution in [3.63, 3.8) is 0 Å². The van der Waals surface area contributed by atoms with Gasteiger partial charge in [-0.15, -0.1) is 0 Å². The molecule has 0 aliphatic carbocycles. The van der Waals surface area contributed by atoms with E-state index in [0.717, 1.165) is 10.0 Å². The maximum atomic E-state index is 11.9. The van der Waals surface area contributed by atoms with Gasteiger partial charge in [0, 0.05) is 10.9 Å². The van der Waals surface area contributed by atoms with E-state index in [1.807, 2.05) is 24.3 Å². The lowest BCUT2D eigenvalue weighted by molar-refractivity contribution is -0.116. The number of rotatable bonds is 5. The minimum atomic E-state index is -0.624. The van der Waals surface area contributed by atoms with Gasteiger partial charge >= 0.3 is 0 Å². The van der Waals surface area contributed by atoms with E-state index >= 15 is 0 Å². The highest BCUT2D eigenvalue weighted by atomic mass is 79.9. The number of nitrogens with zero attached hydrogens (tertiary/aromatic N) is 1. The third-order valence-electron chi connectivity index (χ3n) is 2.82. The molecule has 2 amide bonds. The monoisotopic (exact) mass is 347 g/mol. The van der Waals surface area contributed by atoms with Crippen molar-refractivity contribution in [1.29, 1.82) is 0 Å². The summed E-state index contributed by atoms with van der Waals surface area (Å²) in [7, 11) is 0. The predicted molar refractivity (Wildman–Crippen MR) is 83.8 cm³/mol. The minimum Gasteiger partial charge on any atom is -0.364 e. The number of carbonyl (C=O) groups is 2. The van der Waals surface area contributed by atoms with Crippen molar-refractivity contribution in [3.8, 4) is 0 Å². The lowest BCUT2D eigenvalue weighted by atomic mass is 10.1. The Balaban J connectivity index is 1.91. The van der Waals surface area contributed by atoms with Gasteiger partial charge in [-0.3, -0.25) is 9.59 Å². The van der Waals surface area contributed by atoms with Crippen LogP contribution in [0.4, 0.5) is 5.82 Å². The highest BCUT2D eigenvalue weighted by Gasteiger charge is 2.07. The molecule has 1 aromatic carbocycles. The Labute approximate surface area is 130 Å². The fourth-order valence-electron chi connectivity index (χ4n) is 1.76. The summed E-state index contributed by atoms with van der Waals surface area (Å²) in [5.74, 6) is -0.458. The molecule has 0 radical (unpaired) electrons. The minimum absolute atomic E-state index is 0.126. The second kappa shape index (κ2) is 6.99. The van der Waals surface area contributed by atoms with Crippen molar-refractivity contribution in [3.05, 3.63) is 58.2 Å². The smallest absolute Gasteiger partial charge is 0.267 e. The molecule has 0 saturated carbocycles. The highest BCUT2D eigenvalue weighted by molar-refractivity contribution is 9.10. The molecular formula is C15H14BrN3O2. The number of nitrogens with one attached hydrogen (secondary N) is 1. The number of pyridine rings is 1. The van der Waals surface area contributed by atoms with E-state index in [2.05, 4.69) is 26.2 Å². The number of amides is 2. The normalized spacial score (nSPS) is 10.1. The van der Waals surface area contributed by atoms with Gasteiger partial charge in [-0.1, -0.05) is 34.1 Å². The van der Waals surface area contributed by atoms with E-state index in [4.69, 9.17) is 5.73 Å². The first-order chi connectivity index (χ1) is 10.0. The fourth-order valence-corrected chi connectivity index (χ4v) is 2.02. The van der Waals surface area contributed by atoms with Crippen LogP contribution in [-0.4, -0.2) is 16.8 Å². The van der Waals surface area contributed by atoms with Crippen LogP contribution in [0, 0.1) is 0 Å². The summed E-state index contributed by atoms with van der Waals surface area (Å²) in [5, 5.41) is 2.65. The van der Waals surface area contributed by atoms with E-state index in [-0.39, 0.29) is 11.6 Å². The average molecular weight is 348 g/mol. The van der Waals surface area contributed by atoms with Crippen molar-refractivity contribution < 1.29 is 9.59 Å². The van der Waals surface area contributed by atoms with E-state index < -0.39 is 5.91 Å². The molecule has 0 saturated heterocycles. The summed E-state index contributed by atoms with van der Waals surface area (Å²) in [5.41, 5.74) is 6.34.